The monoisotopic (exact) mass is 335 g/mol. The number of benzene rings is 1. The minimum absolute atomic E-state index is 0.134. The van der Waals surface area contributed by atoms with E-state index in [2.05, 4.69) is 25.0 Å². The Kier molecular flexibility index (Phi) is 4.28. The van der Waals surface area contributed by atoms with Crippen molar-refractivity contribution in [2.45, 2.75) is 39.3 Å². The van der Waals surface area contributed by atoms with Gasteiger partial charge in [0.1, 0.15) is 5.82 Å². The number of hydrogen-bond donors (Lipinski definition) is 0. The van der Waals surface area contributed by atoms with Crippen LogP contribution in [0, 0.1) is 13.8 Å². The maximum atomic E-state index is 5.57. The number of rotatable bonds is 4. The summed E-state index contributed by atoms with van der Waals surface area (Å²) in [6, 6.07) is 12.0. The highest BCUT2D eigenvalue weighted by Gasteiger charge is 2.31. The van der Waals surface area contributed by atoms with Crippen LogP contribution in [-0.4, -0.2) is 31.6 Å². The Morgan fingerprint density at radius 1 is 1.08 bits per heavy atom. The fourth-order valence-corrected chi connectivity index (χ4v) is 3.42. The lowest BCUT2D eigenvalue weighted by Gasteiger charge is -2.20. The highest BCUT2D eigenvalue weighted by atomic mass is 16.5. The van der Waals surface area contributed by atoms with Crippen LogP contribution in [0.2, 0.25) is 0 Å². The molecule has 6 heteroatoms. The number of likely N-dealkylation sites (tertiary alicyclic amines) is 1. The van der Waals surface area contributed by atoms with E-state index in [4.69, 9.17) is 4.52 Å². The van der Waals surface area contributed by atoms with E-state index >= 15 is 0 Å². The summed E-state index contributed by atoms with van der Waals surface area (Å²) in [4.78, 5) is 16.1. The minimum Gasteiger partial charge on any atom is -0.337 e. The quantitative estimate of drug-likeness (QED) is 0.727. The summed E-state index contributed by atoms with van der Waals surface area (Å²) in [6.07, 6.45) is 2.12. The van der Waals surface area contributed by atoms with Crippen molar-refractivity contribution in [3.8, 4) is 11.4 Å². The number of aryl methyl sites for hydroxylation is 2. The molecule has 3 aromatic rings. The maximum Gasteiger partial charge on any atom is 0.244 e. The van der Waals surface area contributed by atoms with Crippen LogP contribution in [0.25, 0.3) is 11.4 Å². The summed E-state index contributed by atoms with van der Waals surface area (Å²) in [7, 11) is 0. The minimum atomic E-state index is 0.134. The fraction of sp³-hybridized carbons (Fsp3) is 0.368. The molecule has 1 unspecified atom stereocenters. The zero-order chi connectivity index (χ0) is 17.2. The third kappa shape index (κ3) is 3.44. The largest absolute Gasteiger partial charge is 0.337 e. The summed E-state index contributed by atoms with van der Waals surface area (Å²) in [5.41, 5.74) is 2.98. The zero-order valence-corrected chi connectivity index (χ0v) is 14.5. The van der Waals surface area contributed by atoms with Gasteiger partial charge in [0.25, 0.3) is 0 Å². The summed E-state index contributed by atoms with van der Waals surface area (Å²) in [5, 5.41) is 4.16. The molecule has 2 aromatic heterocycles. The highest BCUT2D eigenvalue weighted by Crippen LogP contribution is 2.32. The van der Waals surface area contributed by atoms with Crippen molar-refractivity contribution in [1.82, 2.24) is 25.0 Å². The molecule has 1 saturated heterocycles. The van der Waals surface area contributed by atoms with E-state index in [0.29, 0.717) is 18.3 Å². The predicted octanol–water partition coefficient (Wildman–Crippen LogP) is 3.48. The van der Waals surface area contributed by atoms with E-state index in [-0.39, 0.29) is 6.04 Å². The van der Waals surface area contributed by atoms with Crippen LogP contribution in [0.4, 0.5) is 0 Å². The number of nitrogens with zero attached hydrogens (tertiary/aromatic N) is 5. The van der Waals surface area contributed by atoms with Crippen molar-refractivity contribution in [3.63, 3.8) is 0 Å². The van der Waals surface area contributed by atoms with Gasteiger partial charge in [0, 0.05) is 17.0 Å². The van der Waals surface area contributed by atoms with Crippen molar-refractivity contribution in [1.29, 1.82) is 0 Å². The maximum absolute atomic E-state index is 5.57. The van der Waals surface area contributed by atoms with Gasteiger partial charge in [0.15, 0.2) is 0 Å². The lowest BCUT2D eigenvalue weighted by Crippen LogP contribution is -2.24. The molecule has 0 N–H and O–H groups in total. The second-order valence-corrected chi connectivity index (χ2v) is 6.52. The first kappa shape index (κ1) is 15.9. The van der Waals surface area contributed by atoms with Gasteiger partial charge in [-0.1, -0.05) is 35.5 Å². The Bertz CT molecular complexity index is 841. The molecule has 6 nitrogen and oxygen atoms in total. The molecule has 4 rings (SSSR count). The average molecular weight is 335 g/mol. The van der Waals surface area contributed by atoms with E-state index < -0.39 is 0 Å². The topological polar surface area (TPSA) is 67.9 Å². The summed E-state index contributed by atoms with van der Waals surface area (Å²) in [6.45, 7) is 5.70. The molecule has 1 atom stereocenters. The van der Waals surface area contributed by atoms with Crippen LogP contribution in [0.5, 0.6) is 0 Å². The van der Waals surface area contributed by atoms with Gasteiger partial charge in [-0.05, 0) is 39.3 Å². The SMILES string of the molecule is Cc1cc(C)nc(CN2CCCC2c2nc(-c3ccccc3)no2)n1. The molecule has 1 aliphatic heterocycles. The molecular formula is C19H21N5O. The smallest absolute Gasteiger partial charge is 0.244 e. The fourth-order valence-electron chi connectivity index (χ4n) is 3.42. The third-order valence-electron chi connectivity index (χ3n) is 4.50. The average Bonchev–Trinajstić information content (AvgIpc) is 3.23. The van der Waals surface area contributed by atoms with Gasteiger partial charge in [-0.25, -0.2) is 9.97 Å². The molecule has 1 aliphatic rings. The molecule has 0 saturated carbocycles. The van der Waals surface area contributed by atoms with Crippen LogP contribution in [0.1, 0.15) is 42.0 Å². The van der Waals surface area contributed by atoms with Gasteiger partial charge in [-0.2, -0.15) is 4.98 Å². The molecular weight excluding hydrogens is 314 g/mol. The molecule has 0 amide bonds. The Labute approximate surface area is 146 Å². The second-order valence-electron chi connectivity index (χ2n) is 6.52. The molecule has 0 radical (unpaired) electrons. The van der Waals surface area contributed by atoms with Crippen LogP contribution < -0.4 is 0 Å². The molecule has 3 heterocycles. The van der Waals surface area contributed by atoms with Crippen molar-refractivity contribution < 1.29 is 4.52 Å². The van der Waals surface area contributed by atoms with E-state index in [1.807, 2.05) is 50.2 Å². The van der Waals surface area contributed by atoms with Crippen molar-refractivity contribution in [2.24, 2.45) is 0 Å². The van der Waals surface area contributed by atoms with Gasteiger partial charge >= 0.3 is 0 Å². The standard InChI is InChI=1S/C19H21N5O/c1-13-11-14(2)21-17(20-13)12-24-10-6-9-16(24)19-22-18(23-25-19)15-7-4-3-5-8-15/h3-5,7-8,11,16H,6,9-10,12H2,1-2H3. The number of aromatic nitrogens is 4. The first-order valence-corrected chi connectivity index (χ1v) is 8.63. The Hall–Kier alpha value is -2.60. The van der Waals surface area contributed by atoms with Gasteiger partial charge < -0.3 is 4.52 Å². The lowest BCUT2D eigenvalue weighted by atomic mass is 10.2. The van der Waals surface area contributed by atoms with Crippen molar-refractivity contribution in [2.75, 3.05) is 6.54 Å². The van der Waals surface area contributed by atoms with Crippen LogP contribution in [0.3, 0.4) is 0 Å². The molecule has 0 bridgehead atoms. The molecule has 0 spiro atoms. The van der Waals surface area contributed by atoms with Crippen molar-refractivity contribution in [3.05, 3.63) is 59.5 Å². The van der Waals surface area contributed by atoms with E-state index in [1.54, 1.807) is 0 Å². The predicted molar refractivity (Wildman–Crippen MR) is 93.6 cm³/mol. The van der Waals surface area contributed by atoms with Gasteiger partial charge in [-0.3, -0.25) is 4.90 Å². The molecule has 25 heavy (non-hydrogen) atoms. The molecule has 1 fully saturated rings. The van der Waals surface area contributed by atoms with E-state index in [1.165, 1.54) is 0 Å². The molecule has 128 valence electrons. The summed E-state index contributed by atoms with van der Waals surface area (Å²) < 4.78 is 5.57. The second kappa shape index (κ2) is 6.72. The summed E-state index contributed by atoms with van der Waals surface area (Å²) in [5.74, 6) is 2.18. The molecule has 0 aliphatic carbocycles. The van der Waals surface area contributed by atoms with Gasteiger partial charge in [0.2, 0.25) is 11.7 Å². The number of hydrogen-bond acceptors (Lipinski definition) is 6. The van der Waals surface area contributed by atoms with E-state index in [0.717, 1.165) is 42.2 Å². The van der Waals surface area contributed by atoms with Crippen LogP contribution in [-0.2, 0) is 6.54 Å². The normalized spacial score (nSPS) is 17.9. The van der Waals surface area contributed by atoms with Crippen LogP contribution >= 0.6 is 0 Å². The first-order chi connectivity index (χ1) is 12.2. The Morgan fingerprint density at radius 3 is 2.60 bits per heavy atom. The van der Waals surface area contributed by atoms with Gasteiger partial charge in [-0.15, -0.1) is 0 Å². The Balaban J connectivity index is 1.54. The third-order valence-corrected chi connectivity index (χ3v) is 4.50. The Morgan fingerprint density at radius 2 is 1.84 bits per heavy atom. The zero-order valence-electron chi connectivity index (χ0n) is 14.5. The first-order valence-electron chi connectivity index (χ1n) is 8.63. The summed E-state index contributed by atoms with van der Waals surface area (Å²) >= 11 is 0. The lowest BCUT2D eigenvalue weighted by molar-refractivity contribution is 0.197. The van der Waals surface area contributed by atoms with Crippen LogP contribution in [0.15, 0.2) is 40.9 Å². The van der Waals surface area contributed by atoms with E-state index in [9.17, 15) is 0 Å². The van der Waals surface area contributed by atoms with Gasteiger partial charge in [0.05, 0.1) is 12.6 Å². The van der Waals surface area contributed by atoms with Crippen molar-refractivity contribution >= 4 is 0 Å². The molecule has 1 aromatic carbocycles. The highest BCUT2D eigenvalue weighted by molar-refractivity contribution is 5.53.